The van der Waals surface area contributed by atoms with Crippen LogP contribution in [0.5, 0.6) is 0 Å². The highest BCUT2D eigenvalue weighted by Gasteiger charge is 2.18. The number of likely N-dealkylation sites (N-methyl/N-ethyl adjacent to an activating group) is 1. The molecule has 0 bridgehead atoms. The van der Waals surface area contributed by atoms with Gasteiger partial charge in [-0.2, -0.15) is 0 Å². The third-order valence-electron chi connectivity index (χ3n) is 3.69. The van der Waals surface area contributed by atoms with Gasteiger partial charge in [-0.05, 0) is 41.0 Å². The first-order valence-corrected chi connectivity index (χ1v) is 8.56. The maximum Gasteiger partial charge on any atom is 0.289 e. The minimum atomic E-state index is -0.313. The molecule has 0 aliphatic carbocycles. The Balaban J connectivity index is 1.62. The van der Waals surface area contributed by atoms with Crippen molar-refractivity contribution < 1.29 is 14.0 Å². The standard InChI is InChI=1S/C15H23BrN4O3/c1-19(15(22)12-3-4-13(16)23-12)11-14(21)18-5-2-8-20-9-6-17-7-10-20/h3-4,17H,2,5-11H2,1H3,(H,18,21). The molecular formula is C15H23BrN4O3. The number of furan rings is 1. The molecule has 1 aromatic heterocycles. The number of carbonyl (C=O) groups is 2. The highest BCUT2D eigenvalue weighted by molar-refractivity contribution is 9.10. The third-order valence-corrected chi connectivity index (χ3v) is 4.12. The summed E-state index contributed by atoms with van der Waals surface area (Å²) >= 11 is 3.15. The summed E-state index contributed by atoms with van der Waals surface area (Å²) in [6.45, 7) is 5.80. The Morgan fingerprint density at radius 2 is 2.13 bits per heavy atom. The van der Waals surface area contributed by atoms with Crippen molar-refractivity contribution in [1.29, 1.82) is 0 Å². The number of nitrogens with zero attached hydrogens (tertiary/aromatic N) is 2. The van der Waals surface area contributed by atoms with Crippen molar-refractivity contribution in [2.24, 2.45) is 0 Å². The number of amides is 2. The predicted molar refractivity (Wildman–Crippen MR) is 90.3 cm³/mol. The zero-order valence-corrected chi connectivity index (χ0v) is 14.9. The predicted octanol–water partition coefficient (Wildman–Crippen LogP) is 0.526. The number of halogens is 1. The maximum absolute atomic E-state index is 12.0. The van der Waals surface area contributed by atoms with Crippen LogP contribution in [0, 0.1) is 0 Å². The van der Waals surface area contributed by atoms with E-state index in [1.54, 1.807) is 19.2 Å². The average molecular weight is 387 g/mol. The molecule has 1 saturated heterocycles. The van der Waals surface area contributed by atoms with Gasteiger partial charge >= 0.3 is 0 Å². The van der Waals surface area contributed by atoms with Gasteiger partial charge in [0.2, 0.25) is 5.91 Å². The van der Waals surface area contributed by atoms with Crippen LogP contribution in [0.1, 0.15) is 17.0 Å². The topological polar surface area (TPSA) is 77.8 Å². The lowest BCUT2D eigenvalue weighted by atomic mass is 10.3. The molecule has 1 aliphatic heterocycles. The molecule has 1 aromatic rings. The van der Waals surface area contributed by atoms with Crippen LogP contribution in [0.3, 0.4) is 0 Å². The van der Waals surface area contributed by atoms with Crippen molar-refractivity contribution >= 4 is 27.7 Å². The van der Waals surface area contributed by atoms with Crippen LogP contribution in [0.15, 0.2) is 21.2 Å². The summed E-state index contributed by atoms with van der Waals surface area (Å²) in [5, 5.41) is 6.16. The van der Waals surface area contributed by atoms with Gasteiger partial charge in [0.1, 0.15) is 0 Å². The highest BCUT2D eigenvalue weighted by Crippen LogP contribution is 2.15. The molecule has 0 atom stereocenters. The van der Waals surface area contributed by atoms with Gasteiger partial charge in [-0.1, -0.05) is 0 Å². The second-order valence-corrected chi connectivity index (χ2v) is 6.34. The first-order chi connectivity index (χ1) is 11.1. The summed E-state index contributed by atoms with van der Waals surface area (Å²) in [6.07, 6.45) is 0.911. The van der Waals surface area contributed by atoms with E-state index in [1.165, 1.54) is 4.90 Å². The minimum Gasteiger partial charge on any atom is -0.444 e. The van der Waals surface area contributed by atoms with E-state index < -0.39 is 0 Å². The molecule has 23 heavy (non-hydrogen) atoms. The molecule has 128 valence electrons. The monoisotopic (exact) mass is 386 g/mol. The van der Waals surface area contributed by atoms with E-state index in [9.17, 15) is 9.59 Å². The van der Waals surface area contributed by atoms with Gasteiger partial charge < -0.3 is 24.9 Å². The number of piperazine rings is 1. The Morgan fingerprint density at radius 3 is 2.78 bits per heavy atom. The Kier molecular flexibility index (Phi) is 7.07. The average Bonchev–Trinajstić information content (AvgIpc) is 2.98. The van der Waals surface area contributed by atoms with Crippen LogP contribution in [-0.4, -0.2) is 74.5 Å². The lowest BCUT2D eigenvalue weighted by Crippen LogP contribution is -2.44. The second kappa shape index (κ2) is 9.05. The van der Waals surface area contributed by atoms with Crippen molar-refractivity contribution in [3.63, 3.8) is 0 Å². The molecule has 0 saturated carbocycles. The SMILES string of the molecule is CN(CC(=O)NCCCN1CCNCC1)C(=O)c1ccc(Br)o1. The Labute approximate surface area is 144 Å². The van der Waals surface area contributed by atoms with Gasteiger partial charge in [0.25, 0.3) is 5.91 Å². The number of hydrogen-bond acceptors (Lipinski definition) is 5. The van der Waals surface area contributed by atoms with Crippen molar-refractivity contribution in [1.82, 2.24) is 20.4 Å². The van der Waals surface area contributed by atoms with Crippen LogP contribution in [0.2, 0.25) is 0 Å². The van der Waals surface area contributed by atoms with Gasteiger partial charge in [-0.3, -0.25) is 9.59 Å². The van der Waals surface area contributed by atoms with Crippen LogP contribution >= 0.6 is 15.9 Å². The van der Waals surface area contributed by atoms with Gasteiger partial charge in [0.05, 0.1) is 6.54 Å². The summed E-state index contributed by atoms with van der Waals surface area (Å²) in [6, 6.07) is 3.23. The van der Waals surface area contributed by atoms with Crippen LogP contribution in [-0.2, 0) is 4.79 Å². The van der Waals surface area contributed by atoms with E-state index in [4.69, 9.17) is 4.42 Å². The quantitative estimate of drug-likeness (QED) is 0.668. The van der Waals surface area contributed by atoms with Gasteiger partial charge in [-0.25, -0.2) is 0 Å². The molecular weight excluding hydrogens is 364 g/mol. The van der Waals surface area contributed by atoms with Crippen LogP contribution < -0.4 is 10.6 Å². The summed E-state index contributed by atoms with van der Waals surface area (Å²) in [5.41, 5.74) is 0. The summed E-state index contributed by atoms with van der Waals surface area (Å²) < 4.78 is 5.69. The molecule has 0 radical (unpaired) electrons. The highest BCUT2D eigenvalue weighted by atomic mass is 79.9. The molecule has 2 amide bonds. The molecule has 1 fully saturated rings. The summed E-state index contributed by atoms with van der Waals surface area (Å²) in [4.78, 5) is 27.7. The fourth-order valence-electron chi connectivity index (χ4n) is 2.43. The molecule has 1 aliphatic rings. The maximum atomic E-state index is 12.0. The van der Waals surface area contributed by atoms with Crippen molar-refractivity contribution in [3.8, 4) is 0 Å². The second-order valence-electron chi connectivity index (χ2n) is 5.56. The van der Waals surface area contributed by atoms with Gasteiger partial charge in [0.15, 0.2) is 10.4 Å². The Hall–Kier alpha value is -1.38. The molecule has 0 unspecified atom stereocenters. The molecule has 2 heterocycles. The molecule has 7 nitrogen and oxygen atoms in total. The van der Waals surface area contributed by atoms with E-state index in [1.807, 2.05) is 0 Å². The molecule has 2 rings (SSSR count). The smallest absolute Gasteiger partial charge is 0.289 e. The Morgan fingerprint density at radius 1 is 1.39 bits per heavy atom. The number of carbonyl (C=O) groups excluding carboxylic acids is 2. The number of nitrogens with one attached hydrogen (secondary N) is 2. The summed E-state index contributed by atoms with van der Waals surface area (Å²) in [7, 11) is 1.58. The zero-order valence-electron chi connectivity index (χ0n) is 13.3. The van der Waals surface area contributed by atoms with Crippen molar-refractivity contribution in [3.05, 3.63) is 22.6 Å². The lowest BCUT2D eigenvalue weighted by molar-refractivity contribution is -0.121. The largest absolute Gasteiger partial charge is 0.444 e. The van der Waals surface area contributed by atoms with E-state index in [0.717, 1.165) is 39.1 Å². The number of hydrogen-bond donors (Lipinski definition) is 2. The van der Waals surface area contributed by atoms with E-state index in [-0.39, 0.29) is 24.1 Å². The fraction of sp³-hybridized carbons (Fsp3) is 0.600. The Bertz CT molecular complexity index is 529. The minimum absolute atomic E-state index is 0.0186. The van der Waals surface area contributed by atoms with Gasteiger partial charge in [-0.15, -0.1) is 0 Å². The van der Waals surface area contributed by atoms with Crippen LogP contribution in [0.25, 0.3) is 0 Å². The molecule has 8 heteroatoms. The van der Waals surface area contributed by atoms with Crippen molar-refractivity contribution in [2.75, 3.05) is 52.9 Å². The lowest BCUT2D eigenvalue weighted by Gasteiger charge is -2.27. The summed E-state index contributed by atoms with van der Waals surface area (Å²) in [5.74, 6) is -0.260. The first kappa shape index (κ1) is 18.0. The zero-order chi connectivity index (χ0) is 16.7. The molecule has 0 spiro atoms. The van der Waals surface area contributed by atoms with E-state index in [0.29, 0.717) is 11.2 Å². The first-order valence-electron chi connectivity index (χ1n) is 7.77. The molecule has 0 aromatic carbocycles. The van der Waals surface area contributed by atoms with Crippen LogP contribution in [0.4, 0.5) is 0 Å². The number of rotatable bonds is 7. The molecule has 2 N–H and O–H groups in total. The normalized spacial score (nSPS) is 15.4. The third kappa shape index (κ3) is 5.96. The van der Waals surface area contributed by atoms with E-state index >= 15 is 0 Å². The van der Waals surface area contributed by atoms with E-state index in [2.05, 4.69) is 31.5 Å². The van der Waals surface area contributed by atoms with Gasteiger partial charge in [0, 0.05) is 39.8 Å². The van der Waals surface area contributed by atoms with Crippen molar-refractivity contribution in [2.45, 2.75) is 6.42 Å². The fourth-order valence-corrected chi connectivity index (χ4v) is 2.73.